The third-order valence-electron chi connectivity index (χ3n) is 3.78. The first-order valence-electron chi connectivity index (χ1n) is 7.89. The number of nitrogens with zero attached hydrogens (tertiary/aromatic N) is 1. The molecule has 2 N–H and O–H groups in total. The molecule has 2 heterocycles. The normalized spacial score (nSPS) is 12.2. The molecule has 24 heavy (non-hydrogen) atoms. The number of amides is 1. The van der Waals surface area contributed by atoms with Gasteiger partial charge in [-0.25, -0.2) is 4.98 Å². The van der Waals surface area contributed by atoms with Gasteiger partial charge in [-0.1, -0.05) is 19.1 Å². The van der Waals surface area contributed by atoms with Crippen molar-refractivity contribution in [2.45, 2.75) is 26.3 Å². The van der Waals surface area contributed by atoms with Crippen LogP contribution in [0.25, 0.3) is 10.9 Å². The van der Waals surface area contributed by atoms with Gasteiger partial charge in [0.2, 0.25) is 5.91 Å². The lowest BCUT2D eigenvalue weighted by Crippen LogP contribution is -2.25. The zero-order chi connectivity index (χ0) is 16.9. The standard InChI is InChI=1S/C18H19N3O3/c1-12(10-17(22)19-11-13-5-4-8-24-13)9-16-20-15-7-3-2-6-14(15)18(23)21-16/h2-8,12H,9-11H2,1H3,(H,19,22)(H,20,21,23)/t12-/m1/s1. The van der Waals surface area contributed by atoms with Gasteiger partial charge in [-0.2, -0.15) is 0 Å². The van der Waals surface area contributed by atoms with Crippen LogP contribution in [0.4, 0.5) is 0 Å². The van der Waals surface area contributed by atoms with E-state index in [0.717, 1.165) is 5.76 Å². The highest BCUT2D eigenvalue weighted by Gasteiger charge is 2.12. The minimum atomic E-state index is -0.148. The second-order valence-electron chi connectivity index (χ2n) is 5.90. The minimum Gasteiger partial charge on any atom is -0.467 e. The maximum atomic E-state index is 12.1. The molecule has 3 rings (SSSR count). The zero-order valence-electron chi connectivity index (χ0n) is 13.4. The maximum Gasteiger partial charge on any atom is 0.258 e. The predicted octanol–water partition coefficient (Wildman–Crippen LogP) is 2.40. The lowest BCUT2D eigenvalue weighted by atomic mass is 10.0. The van der Waals surface area contributed by atoms with Crippen LogP contribution in [0, 0.1) is 5.92 Å². The zero-order valence-corrected chi connectivity index (χ0v) is 13.4. The number of carbonyl (C=O) groups is 1. The molecule has 124 valence electrons. The Morgan fingerprint density at radius 1 is 1.29 bits per heavy atom. The topological polar surface area (TPSA) is 88.0 Å². The van der Waals surface area contributed by atoms with Crippen LogP contribution in [0.15, 0.2) is 51.9 Å². The average molecular weight is 325 g/mol. The quantitative estimate of drug-likeness (QED) is 0.728. The molecule has 6 heteroatoms. The summed E-state index contributed by atoms with van der Waals surface area (Å²) in [7, 11) is 0. The fraction of sp³-hybridized carbons (Fsp3) is 0.278. The van der Waals surface area contributed by atoms with E-state index in [4.69, 9.17) is 4.42 Å². The van der Waals surface area contributed by atoms with Gasteiger partial charge in [0, 0.05) is 12.8 Å². The van der Waals surface area contributed by atoms with E-state index in [9.17, 15) is 9.59 Å². The minimum absolute atomic E-state index is 0.0537. The Hall–Kier alpha value is -2.89. The maximum absolute atomic E-state index is 12.1. The van der Waals surface area contributed by atoms with E-state index in [2.05, 4.69) is 15.3 Å². The molecule has 0 saturated heterocycles. The van der Waals surface area contributed by atoms with Crippen molar-refractivity contribution in [2.24, 2.45) is 5.92 Å². The lowest BCUT2D eigenvalue weighted by molar-refractivity contribution is -0.122. The number of hydrogen-bond acceptors (Lipinski definition) is 4. The highest BCUT2D eigenvalue weighted by Crippen LogP contribution is 2.11. The third kappa shape index (κ3) is 3.90. The van der Waals surface area contributed by atoms with Gasteiger partial charge in [0.05, 0.1) is 23.7 Å². The summed E-state index contributed by atoms with van der Waals surface area (Å²) in [5, 5.41) is 3.39. The number of rotatable bonds is 6. The summed E-state index contributed by atoms with van der Waals surface area (Å²) < 4.78 is 5.17. The number of H-pyrrole nitrogens is 1. The van der Waals surface area contributed by atoms with E-state index in [1.165, 1.54) is 0 Å². The van der Waals surface area contributed by atoms with Gasteiger partial charge >= 0.3 is 0 Å². The van der Waals surface area contributed by atoms with Crippen LogP contribution in [0.3, 0.4) is 0 Å². The highest BCUT2D eigenvalue weighted by molar-refractivity contribution is 5.77. The van der Waals surface area contributed by atoms with Crippen LogP contribution in [0.5, 0.6) is 0 Å². The largest absolute Gasteiger partial charge is 0.467 e. The van der Waals surface area contributed by atoms with Crippen LogP contribution in [-0.4, -0.2) is 15.9 Å². The summed E-state index contributed by atoms with van der Waals surface area (Å²) >= 11 is 0. The highest BCUT2D eigenvalue weighted by atomic mass is 16.3. The van der Waals surface area contributed by atoms with Gasteiger partial charge in [0.15, 0.2) is 0 Å². The van der Waals surface area contributed by atoms with Crippen LogP contribution in [-0.2, 0) is 17.8 Å². The molecule has 0 bridgehead atoms. The first-order chi connectivity index (χ1) is 11.6. The SMILES string of the molecule is C[C@@H](CC(=O)NCc1ccco1)Cc1nc2ccccc2c(=O)[nH]1. The second kappa shape index (κ2) is 7.12. The molecule has 0 unspecified atom stereocenters. The summed E-state index contributed by atoms with van der Waals surface area (Å²) in [5.41, 5.74) is 0.524. The van der Waals surface area contributed by atoms with Crippen molar-refractivity contribution in [3.63, 3.8) is 0 Å². The van der Waals surface area contributed by atoms with Crippen molar-refractivity contribution in [3.05, 3.63) is 64.6 Å². The van der Waals surface area contributed by atoms with E-state index < -0.39 is 0 Å². The number of benzene rings is 1. The van der Waals surface area contributed by atoms with Gasteiger partial charge in [0.1, 0.15) is 11.6 Å². The fourth-order valence-electron chi connectivity index (χ4n) is 2.62. The van der Waals surface area contributed by atoms with Gasteiger partial charge in [-0.15, -0.1) is 0 Å². The van der Waals surface area contributed by atoms with Gasteiger partial charge in [0.25, 0.3) is 5.56 Å². The molecular weight excluding hydrogens is 306 g/mol. The Kier molecular flexibility index (Phi) is 4.74. The van der Waals surface area contributed by atoms with Gasteiger partial charge in [-0.05, 0) is 30.2 Å². The Balaban J connectivity index is 1.59. The fourth-order valence-corrected chi connectivity index (χ4v) is 2.62. The molecule has 3 aromatic rings. The van der Waals surface area contributed by atoms with E-state index in [1.54, 1.807) is 18.4 Å². The number of hydrogen-bond donors (Lipinski definition) is 2. The monoisotopic (exact) mass is 325 g/mol. The van der Waals surface area contributed by atoms with Gasteiger partial charge in [-0.3, -0.25) is 9.59 Å². The van der Waals surface area contributed by atoms with E-state index in [1.807, 2.05) is 31.2 Å². The molecule has 1 atom stereocenters. The van der Waals surface area contributed by atoms with Crippen molar-refractivity contribution in [2.75, 3.05) is 0 Å². The predicted molar refractivity (Wildman–Crippen MR) is 90.4 cm³/mol. The second-order valence-corrected chi connectivity index (χ2v) is 5.90. The number of furan rings is 1. The van der Waals surface area contributed by atoms with Crippen molar-refractivity contribution in [1.29, 1.82) is 0 Å². The van der Waals surface area contributed by atoms with E-state index >= 15 is 0 Å². The number of para-hydroxylation sites is 1. The first-order valence-corrected chi connectivity index (χ1v) is 7.89. The summed E-state index contributed by atoms with van der Waals surface area (Å²) in [4.78, 5) is 31.3. The van der Waals surface area contributed by atoms with Crippen molar-refractivity contribution in [3.8, 4) is 0 Å². The number of carbonyl (C=O) groups excluding carboxylic acids is 1. The van der Waals surface area contributed by atoms with E-state index in [-0.39, 0.29) is 17.4 Å². The van der Waals surface area contributed by atoms with E-state index in [0.29, 0.717) is 36.1 Å². The number of nitrogens with one attached hydrogen (secondary N) is 2. The molecule has 0 radical (unpaired) electrons. The van der Waals surface area contributed by atoms with Crippen LogP contribution >= 0.6 is 0 Å². The summed E-state index contributed by atoms with van der Waals surface area (Å²) in [6.07, 6.45) is 2.47. The molecular formula is C18H19N3O3. The smallest absolute Gasteiger partial charge is 0.258 e. The Bertz CT molecular complexity index is 884. The Labute approximate surface area is 138 Å². The van der Waals surface area contributed by atoms with Crippen LogP contribution in [0.1, 0.15) is 24.9 Å². The molecule has 2 aromatic heterocycles. The first kappa shape index (κ1) is 16.0. The van der Waals surface area contributed by atoms with Crippen molar-refractivity contribution >= 4 is 16.8 Å². The summed E-state index contributed by atoms with van der Waals surface area (Å²) in [6.45, 7) is 2.34. The summed E-state index contributed by atoms with van der Waals surface area (Å²) in [5.74, 6) is 1.33. The van der Waals surface area contributed by atoms with Crippen LogP contribution < -0.4 is 10.9 Å². The average Bonchev–Trinajstić information content (AvgIpc) is 3.06. The molecule has 0 aliphatic rings. The molecule has 0 spiro atoms. The molecule has 0 aliphatic heterocycles. The lowest BCUT2D eigenvalue weighted by Gasteiger charge is -2.11. The Morgan fingerprint density at radius 2 is 2.12 bits per heavy atom. The third-order valence-corrected chi connectivity index (χ3v) is 3.78. The molecule has 1 aromatic carbocycles. The molecule has 0 aliphatic carbocycles. The molecule has 0 saturated carbocycles. The molecule has 0 fully saturated rings. The molecule has 6 nitrogen and oxygen atoms in total. The summed E-state index contributed by atoms with van der Waals surface area (Å²) in [6, 6.07) is 10.8. The van der Waals surface area contributed by atoms with Gasteiger partial charge < -0.3 is 14.7 Å². The van der Waals surface area contributed by atoms with Crippen molar-refractivity contribution in [1.82, 2.24) is 15.3 Å². The number of aromatic nitrogens is 2. The number of aromatic amines is 1. The Morgan fingerprint density at radius 3 is 2.92 bits per heavy atom. The molecule has 1 amide bonds. The van der Waals surface area contributed by atoms with Crippen LogP contribution in [0.2, 0.25) is 0 Å². The number of fused-ring (bicyclic) bond motifs is 1. The van der Waals surface area contributed by atoms with Crippen molar-refractivity contribution < 1.29 is 9.21 Å².